The predicted octanol–water partition coefficient (Wildman–Crippen LogP) is -0.227. The van der Waals surface area contributed by atoms with Gasteiger partial charge in [-0.05, 0) is 20.8 Å². The van der Waals surface area contributed by atoms with Crippen molar-refractivity contribution in [3.8, 4) is 0 Å². The van der Waals surface area contributed by atoms with Gasteiger partial charge >= 0.3 is 5.97 Å². The zero-order chi connectivity index (χ0) is 13.7. The predicted molar refractivity (Wildman–Crippen MR) is 66.1 cm³/mol. The smallest absolute Gasteiger partial charge is 0.336 e. The number of esters is 1. The summed E-state index contributed by atoms with van der Waals surface area (Å²) in [6, 6.07) is -0.166. The molecule has 0 aromatic heterocycles. The Morgan fingerprint density at radius 3 is 2.61 bits per heavy atom. The molecular weight excluding hydrogens is 236 g/mol. The van der Waals surface area contributed by atoms with Gasteiger partial charge in [0.1, 0.15) is 0 Å². The Morgan fingerprint density at radius 2 is 2.06 bits per heavy atom. The first kappa shape index (κ1) is 14.9. The lowest BCUT2D eigenvalue weighted by Gasteiger charge is -2.35. The summed E-state index contributed by atoms with van der Waals surface area (Å²) in [5.41, 5.74) is 0. The lowest BCUT2D eigenvalue weighted by molar-refractivity contribution is -0.161. The van der Waals surface area contributed by atoms with E-state index in [1.807, 2.05) is 25.7 Å². The molecule has 2 atom stereocenters. The van der Waals surface area contributed by atoms with E-state index in [1.54, 1.807) is 0 Å². The Hall–Kier alpha value is -1.14. The van der Waals surface area contributed by atoms with E-state index in [1.165, 1.54) is 7.11 Å². The van der Waals surface area contributed by atoms with E-state index in [4.69, 9.17) is 4.74 Å². The van der Waals surface area contributed by atoms with Gasteiger partial charge in [-0.1, -0.05) is 0 Å². The van der Waals surface area contributed by atoms with Gasteiger partial charge in [0.05, 0.1) is 19.8 Å². The van der Waals surface area contributed by atoms with Crippen LogP contribution in [0.4, 0.5) is 0 Å². The van der Waals surface area contributed by atoms with Crippen molar-refractivity contribution >= 4 is 11.9 Å². The fourth-order valence-electron chi connectivity index (χ4n) is 1.87. The molecule has 1 saturated heterocycles. The number of nitrogens with one attached hydrogen (secondary N) is 1. The highest BCUT2D eigenvalue weighted by Crippen LogP contribution is 2.10. The number of carbonyl (C=O) groups excluding carboxylic acids is 2. The van der Waals surface area contributed by atoms with Crippen molar-refractivity contribution in [2.45, 2.75) is 39.0 Å². The quantitative estimate of drug-likeness (QED) is 0.706. The maximum atomic E-state index is 11.9. The molecule has 0 aromatic rings. The van der Waals surface area contributed by atoms with E-state index < -0.39 is 12.1 Å². The molecule has 1 amide bonds. The van der Waals surface area contributed by atoms with Crippen LogP contribution in [0.1, 0.15) is 20.8 Å². The summed E-state index contributed by atoms with van der Waals surface area (Å²) in [6.45, 7) is 7.12. The van der Waals surface area contributed by atoms with Crippen molar-refractivity contribution < 1.29 is 19.1 Å². The normalized spacial score (nSPS) is 22.6. The van der Waals surface area contributed by atoms with Crippen LogP contribution in [0.3, 0.4) is 0 Å². The maximum absolute atomic E-state index is 11.9. The van der Waals surface area contributed by atoms with Crippen LogP contribution >= 0.6 is 0 Å². The molecular formula is C12H22N2O4. The molecule has 18 heavy (non-hydrogen) atoms. The SMILES string of the molecule is COC(=O)C1CN(C(C)C(=O)NC(C)C)CCO1. The fourth-order valence-corrected chi connectivity index (χ4v) is 1.87. The average molecular weight is 258 g/mol. The number of hydrogen-bond acceptors (Lipinski definition) is 5. The molecule has 6 heteroatoms. The van der Waals surface area contributed by atoms with E-state index in [0.29, 0.717) is 19.7 Å². The summed E-state index contributed by atoms with van der Waals surface area (Å²) in [7, 11) is 1.33. The first-order chi connectivity index (χ1) is 8.45. The van der Waals surface area contributed by atoms with Crippen LogP contribution in [-0.2, 0) is 19.1 Å². The number of methoxy groups -OCH3 is 1. The molecule has 1 heterocycles. The number of nitrogens with zero attached hydrogens (tertiary/aromatic N) is 1. The van der Waals surface area contributed by atoms with Gasteiger partial charge in [0.2, 0.25) is 5.91 Å². The largest absolute Gasteiger partial charge is 0.467 e. The Bertz CT molecular complexity index is 306. The van der Waals surface area contributed by atoms with Crippen LogP contribution in [0.5, 0.6) is 0 Å². The van der Waals surface area contributed by atoms with Gasteiger partial charge in [-0.25, -0.2) is 4.79 Å². The molecule has 1 aliphatic rings. The van der Waals surface area contributed by atoms with Crippen molar-refractivity contribution in [3.05, 3.63) is 0 Å². The Morgan fingerprint density at radius 1 is 1.39 bits per heavy atom. The molecule has 1 rings (SSSR count). The molecule has 2 unspecified atom stereocenters. The second kappa shape index (κ2) is 6.70. The van der Waals surface area contributed by atoms with Crippen molar-refractivity contribution in [1.29, 1.82) is 0 Å². The van der Waals surface area contributed by atoms with Gasteiger partial charge in [0.25, 0.3) is 0 Å². The molecule has 104 valence electrons. The number of carbonyl (C=O) groups is 2. The average Bonchev–Trinajstić information content (AvgIpc) is 2.36. The highest BCUT2D eigenvalue weighted by Gasteiger charge is 2.32. The molecule has 0 spiro atoms. The number of ether oxygens (including phenoxy) is 2. The topological polar surface area (TPSA) is 67.9 Å². The van der Waals surface area contributed by atoms with Crippen molar-refractivity contribution in [1.82, 2.24) is 10.2 Å². The Balaban J connectivity index is 2.55. The van der Waals surface area contributed by atoms with E-state index >= 15 is 0 Å². The van der Waals surface area contributed by atoms with Gasteiger partial charge in [-0.3, -0.25) is 9.69 Å². The van der Waals surface area contributed by atoms with Crippen LogP contribution in [0.15, 0.2) is 0 Å². The zero-order valence-electron chi connectivity index (χ0n) is 11.4. The minimum absolute atomic E-state index is 0.0319. The summed E-state index contributed by atoms with van der Waals surface area (Å²) in [4.78, 5) is 25.2. The Kier molecular flexibility index (Phi) is 5.55. The third kappa shape index (κ3) is 3.96. The standard InChI is InChI=1S/C12H22N2O4/c1-8(2)13-11(15)9(3)14-5-6-18-10(7-14)12(16)17-4/h8-10H,5-7H2,1-4H3,(H,13,15). The highest BCUT2D eigenvalue weighted by molar-refractivity contribution is 5.81. The lowest BCUT2D eigenvalue weighted by Crippen LogP contribution is -2.54. The monoisotopic (exact) mass is 258 g/mol. The highest BCUT2D eigenvalue weighted by atomic mass is 16.6. The first-order valence-corrected chi connectivity index (χ1v) is 6.19. The lowest BCUT2D eigenvalue weighted by atomic mass is 10.2. The van der Waals surface area contributed by atoms with Crippen molar-refractivity contribution in [2.24, 2.45) is 0 Å². The summed E-state index contributed by atoms with van der Waals surface area (Å²) in [6.07, 6.45) is -0.599. The molecule has 0 radical (unpaired) electrons. The van der Waals surface area contributed by atoms with Gasteiger partial charge in [0, 0.05) is 19.1 Å². The number of hydrogen-bond donors (Lipinski definition) is 1. The van der Waals surface area contributed by atoms with Gasteiger partial charge < -0.3 is 14.8 Å². The van der Waals surface area contributed by atoms with Crippen LogP contribution in [-0.4, -0.2) is 61.8 Å². The summed E-state index contributed by atoms with van der Waals surface area (Å²) >= 11 is 0. The molecule has 1 fully saturated rings. The van der Waals surface area contributed by atoms with Crippen LogP contribution in [0.25, 0.3) is 0 Å². The molecule has 0 aromatic carbocycles. The Labute approximate surface area is 108 Å². The number of amides is 1. The molecule has 1 N–H and O–H groups in total. The molecule has 1 aliphatic heterocycles. The molecule has 0 aliphatic carbocycles. The second-order valence-corrected chi connectivity index (χ2v) is 4.72. The van der Waals surface area contributed by atoms with E-state index in [2.05, 4.69) is 10.1 Å². The summed E-state index contributed by atoms with van der Waals surface area (Å²) < 4.78 is 9.98. The van der Waals surface area contributed by atoms with Crippen LogP contribution < -0.4 is 5.32 Å². The van der Waals surface area contributed by atoms with E-state index in [0.717, 1.165) is 0 Å². The summed E-state index contributed by atoms with van der Waals surface area (Å²) in [5.74, 6) is -0.424. The third-order valence-electron chi connectivity index (χ3n) is 2.92. The fraction of sp³-hybridized carbons (Fsp3) is 0.833. The van der Waals surface area contributed by atoms with E-state index in [-0.39, 0.29) is 18.0 Å². The van der Waals surface area contributed by atoms with Gasteiger partial charge in [0.15, 0.2) is 6.10 Å². The maximum Gasteiger partial charge on any atom is 0.336 e. The van der Waals surface area contributed by atoms with Gasteiger partial charge in [-0.2, -0.15) is 0 Å². The number of morpholine rings is 1. The zero-order valence-corrected chi connectivity index (χ0v) is 11.4. The van der Waals surface area contributed by atoms with E-state index in [9.17, 15) is 9.59 Å². The molecule has 6 nitrogen and oxygen atoms in total. The van der Waals surface area contributed by atoms with Crippen molar-refractivity contribution in [3.63, 3.8) is 0 Å². The van der Waals surface area contributed by atoms with Crippen LogP contribution in [0, 0.1) is 0 Å². The third-order valence-corrected chi connectivity index (χ3v) is 2.92. The summed E-state index contributed by atoms with van der Waals surface area (Å²) in [5, 5.41) is 2.86. The second-order valence-electron chi connectivity index (χ2n) is 4.72. The van der Waals surface area contributed by atoms with Gasteiger partial charge in [-0.15, -0.1) is 0 Å². The first-order valence-electron chi connectivity index (χ1n) is 6.19. The van der Waals surface area contributed by atoms with Crippen LogP contribution in [0.2, 0.25) is 0 Å². The minimum atomic E-state index is -0.599. The van der Waals surface area contributed by atoms with Crippen molar-refractivity contribution in [2.75, 3.05) is 26.8 Å². The number of rotatable bonds is 4. The minimum Gasteiger partial charge on any atom is -0.467 e. The molecule has 0 saturated carbocycles. The molecule has 0 bridgehead atoms.